The predicted octanol–water partition coefficient (Wildman–Crippen LogP) is 4.77. The highest BCUT2D eigenvalue weighted by Gasteiger charge is 2.12. The summed E-state index contributed by atoms with van der Waals surface area (Å²) in [5, 5.41) is 0. The van der Waals surface area contributed by atoms with E-state index in [4.69, 9.17) is 19.6 Å². The van der Waals surface area contributed by atoms with Gasteiger partial charge in [0.1, 0.15) is 0 Å². The molecule has 0 unspecified atom stereocenters. The summed E-state index contributed by atoms with van der Waals surface area (Å²) in [6.45, 7) is 0.125. The normalized spacial score (nSPS) is 13.4. The van der Waals surface area contributed by atoms with E-state index in [9.17, 15) is 9.13 Å². The smallest absolute Gasteiger partial charge is 0.303 e. The van der Waals surface area contributed by atoms with Crippen molar-refractivity contribution < 1.29 is 37.8 Å². The molecular formula is C18H34O8P2. The number of hydrogen-bond acceptors (Lipinski definition) is 4. The van der Waals surface area contributed by atoms with Gasteiger partial charge in [0.2, 0.25) is 0 Å². The molecule has 0 aromatic carbocycles. The molecule has 0 aliphatic rings. The lowest BCUT2D eigenvalue weighted by atomic mass is 10.1. The molecule has 0 aliphatic heterocycles. The van der Waals surface area contributed by atoms with Crippen molar-refractivity contribution >= 4 is 15.6 Å². The Bertz CT molecular complexity index is 548. The highest BCUT2D eigenvalue weighted by Crippen LogP contribution is 2.36. The minimum absolute atomic E-state index is 0.0122. The first-order valence-corrected chi connectivity index (χ1v) is 12.6. The summed E-state index contributed by atoms with van der Waals surface area (Å²) in [4.78, 5) is 34.1. The van der Waals surface area contributed by atoms with Gasteiger partial charge in [-0.1, -0.05) is 62.1 Å². The average Bonchev–Trinajstić information content (AvgIpc) is 2.58. The number of phosphoric acid groups is 2. The van der Waals surface area contributed by atoms with Crippen LogP contribution >= 0.6 is 15.6 Å². The molecule has 8 nitrogen and oxygen atoms in total. The highest BCUT2D eigenvalue weighted by atomic mass is 31.2. The van der Waals surface area contributed by atoms with E-state index < -0.39 is 15.6 Å². The molecule has 0 radical (unpaired) electrons. The highest BCUT2D eigenvalue weighted by molar-refractivity contribution is 7.46. The van der Waals surface area contributed by atoms with Gasteiger partial charge in [0.25, 0.3) is 0 Å². The van der Waals surface area contributed by atoms with E-state index in [-0.39, 0.29) is 13.2 Å². The van der Waals surface area contributed by atoms with Crippen LogP contribution < -0.4 is 0 Å². The van der Waals surface area contributed by atoms with Crippen LogP contribution in [0, 0.1) is 0 Å². The largest absolute Gasteiger partial charge is 0.469 e. The summed E-state index contributed by atoms with van der Waals surface area (Å²) in [6, 6.07) is 0. The Kier molecular flexibility index (Phi) is 17.0. The monoisotopic (exact) mass is 440 g/mol. The Morgan fingerprint density at radius 1 is 0.536 bits per heavy atom. The molecule has 0 amide bonds. The minimum Gasteiger partial charge on any atom is -0.303 e. The molecule has 4 N–H and O–H groups in total. The van der Waals surface area contributed by atoms with Gasteiger partial charge in [0.05, 0.1) is 13.2 Å². The molecule has 10 heteroatoms. The summed E-state index contributed by atoms with van der Waals surface area (Å²) in [5.41, 5.74) is 0. The van der Waals surface area contributed by atoms with E-state index in [2.05, 4.69) is 27.3 Å². The SMILES string of the molecule is O=P(O)(O)OCC/C=C/C/C=C/C/C=C/CCCCCCCCOP(=O)(O)O. The molecule has 0 bridgehead atoms. The van der Waals surface area contributed by atoms with E-state index >= 15 is 0 Å². The second-order valence-electron chi connectivity index (χ2n) is 6.23. The van der Waals surface area contributed by atoms with Gasteiger partial charge in [-0.05, 0) is 38.5 Å². The number of rotatable bonds is 18. The topological polar surface area (TPSA) is 134 Å². The van der Waals surface area contributed by atoms with Crippen molar-refractivity contribution in [3.8, 4) is 0 Å². The Balaban J connectivity index is 3.36. The van der Waals surface area contributed by atoms with Crippen molar-refractivity contribution in [2.45, 2.75) is 64.2 Å². The molecule has 28 heavy (non-hydrogen) atoms. The third-order valence-corrected chi connectivity index (χ3v) is 4.65. The predicted molar refractivity (Wildman–Crippen MR) is 110 cm³/mol. The Labute approximate surface area is 167 Å². The molecule has 0 spiro atoms. The van der Waals surface area contributed by atoms with Gasteiger partial charge in [0, 0.05) is 0 Å². The van der Waals surface area contributed by atoms with Crippen LogP contribution in [0.1, 0.15) is 64.2 Å². The zero-order chi connectivity index (χ0) is 21.1. The Morgan fingerprint density at radius 2 is 0.964 bits per heavy atom. The molecule has 0 atom stereocenters. The van der Waals surface area contributed by atoms with Gasteiger partial charge < -0.3 is 19.6 Å². The number of allylic oxidation sites excluding steroid dienone is 5. The lowest BCUT2D eigenvalue weighted by Gasteiger charge is -2.04. The molecule has 0 fully saturated rings. The van der Waals surface area contributed by atoms with Crippen molar-refractivity contribution in [2.75, 3.05) is 13.2 Å². The summed E-state index contributed by atoms with van der Waals surface area (Å²) in [6.07, 6.45) is 21.4. The van der Waals surface area contributed by atoms with Crippen LogP contribution in [-0.2, 0) is 18.2 Å². The van der Waals surface area contributed by atoms with Gasteiger partial charge in [-0.25, -0.2) is 9.13 Å². The number of hydrogen-bond donors (Lipinski definition) is 4. The van der Waals surface area contributed by atoms with Gasteiger partial charge in [0.15, 0.2) is 0 Å². The zero-order valence-electron chi connectivity index (χ0n) is 16.3. The second kappa shape index (κ2) is 17.3. The quantitative estimate of drug-likeness (QED) is 0.136. The van der Waals surface area contributed by atoms with Crippen LogP contribution in [0.3, 0.4) is 0 Å². The maximum Gasteiger partial charge on any atom is 0.469 e. The van der Waals surface area contributed by atoms with Crippen LogP contribution in [0.2, 0.25) is 0 Å². The van der Waals surface area contributed by atoms with Crippen molar-refractivity contribution in [1.29, 1.82) is 0 Å². The van der Waals surface area contributed by atoms with Gasteiger partial charge in [-0.2, -0.15) is 0 Å². The van der Waals surface area contributed by atoms with Crippen LogP contribution in [0.15, 0.2) is 36.5 Å². The first kappa shape index (κ1) is 27.4. The van der Waals surface area contributed by atoms with E-state index in [1.54, 1.807) is 0 Å². The van der Waals surface area contributed by atoms with Crippen LogP contribution in [-0.4, -0.2) is 32.8 Å². The maximum absolute atomic E-state index is 10.5. The van der Waals surface area contributed by atoms with Gasteiger partial charge >= 0.3 is 15.6 Å². The average molecular weight is 440 g/mol. The van der Waals surface area contributed by atoms with E-state index in [1.807, 2.05) is 18.2 Å². The molecule has 0 heterocycles. The first-order chi connectivity index (χ1) is 13.2. The van der Waals surface area contributed by atoms with E-state index in [0.717, 1.165) is 51.4 Å². The zero-order valence-corrected chi connectivity index (χ0v) is 18.1. The molecule has 0 saturated carbocycles. The summed E-state index contributed by atoms with van der Waals surface area (Å²) < 4.78 is 29.6. The molecule has 0 saturated heterocycles. The number of phosphoric ester groups is 2. The van der Waals surface area contributed by atoms with Crippen LogP contribution in [0.4, 0.5) is 0 Å². The van der Waals surface area contributed by atoms with Crippen molar-refractivity contribution in [3.63, 3.8) is 0 Å². The second-order valence-corrected chi connectivity index (χ2v) is 8.71. The van der Waals surface area contributed by atoms with Crippen LogP contribution in [0.25, 0.3) is 0 Å². The molecule has 164 valence electrons. The van der Waals surface area contributed by atoms with Gasteiger partial charge in [-0.3, -0.25) is 9.05 Å². The summed E-state index contributed by atoms with van der Waals surface area (Å²) in [5.74, 6) is 0. The third kappa shape index (κ3) is 25.4. The van der Waals surface area contributed by atoms with Crippen molar-refractivity contribution in [3.05, 3.63) is 36.5 Å². The fraction of sp³-hybridized carbons (Fsp3) is 0.667. The fourth-order valence-electron chi connectivity index (χ4n) is 2.27. The molecule has 0 rings (SSSR count). The summed E-state index contributed by atoms with van der Waals surface area (Å²) in [7, 11) is -8.65. The summed E-state index contributed by atoms with van der Waals surface area (Å²) >= 11 is 0. The van der Waals surface area contributed by atoms with Gasteiger partial charge in [-0.15, -0.1) is 0 Å². The fourth-order valence-corrected chi connectivity index (χ4v) is 2.98. The first-order valence-electron chi connectivity index (χ1n) is 9.56. The van der Waals surface area contributed by atoms with Crippen molar-refractivity contribution in [1.82, 2.24) is 0 Å². The molecule has 0 aliphatic carbocycles. The number of unbranched alkanes of at least 4 members (excludes halogenated alkanes) is 6. The maximum atomic E-state index is 10.5. The van der Waals surface area contributed by atoms with E-state index in [0.29, 0.717) is 12.8 Å². The molecule has 0 aromatic heterocycles. The third-order valence-electron chi connectivity index (χ3n) is 3.61. The Morgan fingerprint density at radius 3 is 1.54 bits per heavy atom. The molecule has 0 aromatic rings. The Hall–Kier alpha value is -0.560. The van der Waals surface area contributed by atoms with E-state index in [1.165, 1.54) is 0 Å². The minimum atomic E-state index is -4.35. The van der Waals surface area contributed by atoms with Crippen molar-refractivity contribution in [2.24, 2.45) is 0 Å². The van der Waals surface area contributed by atoms with Crippen LogP contribution in [0.5, 0.6) is 0 Å². The lowest BCUT2D eigenvalue weighted by molar-refractivity contribution is 0.193. The standard InChI is InChI=1S/C18H34O8P2/c19-27(20,21)25-17-15-13-11-9-7-5-3-1-2-4-6-8-10-12-14-16-18-26-28(22,23)24/h1-2,5,7,11,13H,3-4,6,8-10,12,14-18H2,(H2,19,20,21)(H2,22,23,24)/b2-1+,7-5+,13-11+. The molecular weight excluding hydrogens is 406 g/mol. The lowest BCUT2D eigenvalue weighted by Crippen LogP contribution is -1.92.